The number of rotatable bonds is 2. The predicted octanol–water partition coefficient (Wildman–Crippen LogP) is 6.11. The van der Waals surface area contributed by atoms with Gasteiger partial charge < -0.3 is 9.88 Å². The van der Waals surface area contributed by atoms with Gasteiger partial charge >= 0.3 is 0 Å². The Kier molecular flexibility index (Phi) is 4.35. The Balaban J connectivity index is 1.43. The molecule has 2 atom stereocenters. The number of aromatic nitrogens is 1. The van der Waals surface area contributed by atoms with Crippen LogP contribution in [0.2, 0.25) is 0 Å². The van der Waals surface area contributed by atoms with Gasteiger partial charge in [0.15, 0.2) is 5.11 Å². The van der Waals surface area contributed by atoms with Crippen LogP contribution in [0.3, 0.4) is 0 Å². The summed E-state index contributed by atoms with van der Waals surface area (Å²) in [6.45, 7) is 0. The smallest absolute Gasteiger partial charge is 0.256 e. The number of anilines is 1. The molecule has 6 heteroatoms. The normalized spacial score (nSPS) is 19.5. The lowest BCUT2D eigenvalue weighted by atomic mass is 9.89. The summed E-state index contributed by atoms with van der Waals surface area (Å²) in [6, 6.07) is 27.8. The van der Waals surface area contributed by atoms with E-state index in [-0.39, 0.29) is 17.8 Å². The summed E-state index contributed by atoms with van der Waals surface area (Å²) in [5.41, 5.74) is 4.82. The van der Waals surface area contributed by atoms with E-state index < -0.39 is 6.04 Å². The Hall–Kier alpha value is -4.03. The first-order chi connectivity index (χ1) is 17.1. The minimum Gasteiger partial charge on any atom is -0.356 e. The highest BCUT2D eigenvalue weighted by molar-refractivity contribution is 7.80. The Labute approximate surface area is 206 Å². The summed E-state index contributed by atoms with van der Waals surface area (Å²) in [5, 5.41) is 3.61. The highest BCUT2D eigenvalue weighted by atomic mass is 32.1. The molecule has 1 aromatic heterocycles. The Morgan fingerprint density at radius 2 is 1.57 bits per heavy atom. The molecule has 3 heterocycles. The van der Waals surface area contributed by atoms with Gasteiger partial charge in [0.1, 0.15) is 11.9 Å². The van der Waals surface area contributed by atoms with Crippen LogP contribution in [0, 0.1) is 5.82 Å². The second-order valence-corrected chi connectivity index (χ2v) is 9.46. The molecular weight excluding hydrogens is 457 g/mol. The number of halogens is 1. The predicted molar refractivity (Wildman–Crippen MR) is 140 cm³/mol. The number of aromatic amines is 1. The third-order valence-corrected chi connectivity index (χ3v) is 7.64. The maximum absolute atomic E-state index is 14.0. The van der Waals surface area contributed by atoms with E-state index in [2.05, 4.69) is 11.1 Å². The Bertz CT molecular complexity index is 1650. The van der Waals surface area contributed by atoms with Crippen LogP contribution in [0.4, 0.5) is 10.1 Å². The van der Waals surface area contributed by atoms with Crippen LogP contribution in [-0.4, -0.2) is 26.9 Å². The SMILES string of the molecule is O=C1C2Cc3c([nH]c4ccccc34)C(c3ccc(F)cc3)N2C(=S)N1c1cccc2ccccc12. The monoisotopic (exact) mass is 477 g/mol. The van der Waals surface area contributed by atoms with Gasteiger partial charge in [-0.15, -0.1) is 0 Å². The van der Waals surface area contributed by atoms with E-state index in [1.54, 1.807) is 17.0 Å². The fourth-order valence-corrected chi connectivity index (χ4v) is 6.11. The summed E-state index contributed by atoms with van der Waals surface area (Å²) in [7, 11) is 0. The summed E-state index contributed by atoms with van der Waals surface area (Å²) in [4.78, 5) is 21.3. The van der Waals surface area contributed by atoms with Crippen molar-refractivity contribution >= 4 is 50.6 Å². The number of para-hydroxylation sites is 1. The molecule has 2 unspecified atom stereocenters. The number of hydrogen-bond donors (Lipinski definition) is 1. The van der Waals surface area contributed by atoms with Crippen LogP contribution in [-0.2, 0) is 11.2 Å². The number of H-pyrrole nitrogens is 1. The van der Waals surface area contributed by atoms with Crippen LogP contribution in [0.15, 0.2) is 91.0 Å². The number of carbonyl (C=O) groups is 1. The van der Waals surface area contributed by atoms with Gasteiger partial charge in [-0.3, -0.25) is 9.69 Å². The lowest BCUT2D eigenvalue weighted by Gasteiger charge is -2.37. The highest BCUT2D eigenvalue weighted by Gasteiger charge is 2.51. The van der Waals surface area contributed by atoms with E-state index in [4.69, 9.17) is 12.2 Å². The van der Waals surface area contributed by atoms with Crippen molar-refractivity contribution in [2.45, 2.75) is 18.5 Å². The van der Waals surface area contributed by atoms with Gasteiger partial charge in [-0.1, -0.05) is 66.7 Å². The minimum absolute atomic E-state index is 0.0330. The van der Waals surface area contributed by atoms with Crippen LogP contribution in [0.25, 0.3) is 21.7 Å². The van der Waals surface area contributed by atoms with E-state index in [0.717, 1.165) is 44.2 Å². The van der Waals surface area contributed by atoms with Crippen molar-refractivity contribution in [2.24, 2.45) is 0 Å². The van der Waals surface area contributed by atoms with E-state index in [9.17, 15) is 9.18 Å². The van der Waals surface area contributed by atoms with Gasteiger partial charge in [-0.25, -0.2) is 4.39 Å². The summed E-state index contributed by atoms with van der Waals surface area (Å²) in [5.74, 6) is -0.329. The molecule has 4 aromatic carbocycles. The average molecular weight is 478 g/mol. The lowest BCUT2D eigenvalue weighted by Crippen LogP contribution is -2.44. The molecule has 0 saturated carbocycles. The maximum atomic E-state index is 14.0. The van der Waals surface area contributed by atoms with E-state index in [1.807, 2.05) is 65.6 Å². The van der Waals surface area contributed by atoms with Crippen molar-refractivity contribution in [2.75, 3.05) is 4.90 Å². The molecule has 35 heavy (non-hydrogen) atoms. The van der Waals surface area contributed by atoms with E-state index in [1.165, 1.54) is 12.1 Å². The third-order valence-electron chi connectivity index (χ3n) is 7.24. The molecule has 2 aliphatic heterocycles. The molecule has 170 valence electrons. The van der Waals surface area contributed by atoms with Gasteiger partial charge in [0.05, 0.1) is 11.7 Å². The summed E-state index contributed by atoms with van der Waals surface area (Å²) < 4.78 is 13.8. The standard InChI is InChI=1S/C29H20FN3OS/c30-19-14-12-18(13-15-19)27-26-22(21-9-3-4-10-23(21)31-26)16-25-28(34)33(29(35)32(25)27)24-11-5-7-17-6-1-2-8-20(17)24/h1-15,25,27,31H,16H2. The highest BCUT2D eigenvalue weighted by Crippen LogP contribution is 2.45. The molecule has 0 aliphatic carbocycles. The van der Waals surface area contributed by atoms with E-state index >= 15 is 0 Å². The number of amides is 1. The number of fused-ring (bicyclic) bond motifs is 5. The van der Waals surface area contributed by atoms with Gasteiger partial charge in [0.25, 0.3) is 5.91 Å². The number of hydrogen-bond acceptors (Lipinski definition) is 2. The van der Waals surface area contributed by atoms with Crippen molar-refractivity contribution in [3.63, 3.8) is 0 Å². The maximum Gasteiger partial charge on any atom is 0.256 e. The number of nitrogens with one attached hydrogen (secondary N) is 1. The molecular formula is C29H20FN3OS. The van der Waals surface area contributed by atoms with Crippen LogP contribution in [0.1, 0.15) is 22.9 Å². The van der Waals surface area contributed by atoms with Crippen LogP contribution in [0.5, 0.6) is 0 Å². The largest absolute Gasteiger partial charge is 0.356 e. The lowest BCUT2D eigenvalue weighted by molar-refractivity contribution is -0.120. The van der Waals surface area contributed by atoms with Crippen molar-refractivity contribution in [1.82, 2.24) is 9.88 Å². The fraction of sp³-hybridized carbons (Fsp3) is 0.103. The van der Waals surface area contributed by atoms with Gasteiger partial charge in [0, 0.05) is 28.4 Å². The first-order valence-corrected chi connectivity index (χ1v) is 12.0. The zero-order valence-corrected chi connectivity index (χ0v) is 19.4. The molecule has 1 saturated heterocycles. The second-order valence-electron chi connectivity index (χ2n) is 9.10. The quantitative estimate of drug-likeness (QED) is 0.312. The summed E-state index contributed by atoms with van der Waals surface area (Å²) in [6.07, 6.45) is 0.553. The first kappa shape index (κ1) is 20.4. The second kappa shape index (κ2) is 7.48. The molecule has 4 nitrogen and oxygen atoms in total. The number of benzene rings is 4. The van der Waals surface area contributed by atoms with Crippen LogP contribution >= 0.6 is 12.2 Å². The number of thiocarbonyl (C=S) groups is 1. The van der Waals surface area contributed by atoms with E-state index in [0.29, 0.717) is 11.5 Å². The third kappa shape index (κ3) is 2.90. The average Bonchev–Trinajstić information content (AvgIpc) is 3.38. The van der Waals surface area contributed by atoms with Crippen molar-refractivity contribution in [3.8, 4) is 0 Å². The molecule has 1 amide bonds. The van der Waals surface area contributed by atoms with Crippen molar-refractivity contribution in [1.29, 1.82) is 0 Å². The van der Waals surface area contributed by atoms with Gasteiger partial charge in [-0.2, -0.15) is 0 Å². The molecule has 7 rings (SSSR count). The molecule has 0 bridgehead atoms. The molecule has 1 N–H and O–H groups in total. The van der Waals surface area contributed by atoms with Crippen molar-refractivity contribution < 1.29 is 9.18 Å². The topological polar surface area (TPSA) is 39.3 Å². The van der Waals surface area contributed by atoms with Gasteiger partial charge in [0.2, 0.25) is 0 Å². The first-order valence-electron chi connectivity index (χ1n) is 11.6. The number of carbonyl (C=O) groups excluding carboxylic acids is 1. The Morgan fingerprint density at radius 3 is 2.40 bits per heavy atom. The minimum atomic E-state index is -0.441. The molecule has 5 aromatic rings. The zero-order valence-electron chi connectivity index (χ0n) is 18.6. The Morgan fingerprint density at radius 1 is 0.857 bits per heavy atom. The molecule has 0 radical (unpaired) electrons. The zero-order chi connectivity index (χ0) is 23.7. The number of nitrogens with zero attached hydrogens (tertiary/aromatic N) is 2. The fourth-order valence-electron chi connectivity index (χ4n) is 5.69. The van der Waals surface area contributed by atoms with Crippen molar-refractivity contribution in [3.05, 3.63) is 114 Å². The molecule has 2 aliphatic rings. The molecule has 1 fully saturated rings. The van der Waals surface area contributed by atoms with Crippen LogP contribution < -0.4 is 4.90 Å². The summed E-state index contributed by atoms with van der Waals surface area (Å²) >= 11 is 6.02. The molecule has 0 spiro atoms. The van der Waals surface area contributed by atoms with Gasteiger partial charge in [-0.05, 0) is 53.0 Å².